The number of hydrogen-bond acceptors (Lipinski definition) is 3. The minimum atomic E-state index is -0.457. The number of amides is 1. The molecule has 0 radical (unpaired) electrons. The largest absolute Gasteiger partial charge is 0.444 e. The Morgan fingerprint density at radius 1 is 1.41 bits per heavy atom. The number of nitrogens with zero attached hydrogens (tertiary/aromatic N) is 3. The maximum atomic E-state index is 12.1. The molecule has 1 amide bonds. The second-order valence-electron chi connectivity index (χ2n) is 6.68. The highest BCUT2D eigenvalue weighted by atomic mass is 79.9. The third-order valence-electron chi connectivity index (χ3n) is 3.67. The fraction of sp³-hybridized carbons (Fsp3) is 0.500. The summed E-state index contributed by atoms with van der Waals surface area (Å²) in [7, 11) is 0. The zero-order valence-electron chi connectivity index (χ0n) is 13.0. The molecular formula is C16H20BrN3O2. The van der Waals surface area contributed by atoms with E-state index in [4.69, 9.17) is 4.74 Å². The molecule has 0 spiro atoms. The monoisotopic (exact) mass is 365 g/mol. The molecule has 0 saturated carbocycles. The molecule has 1 aliphatic rings. The molecule has 1 atom stereocenters. The van der Waals surface area contributed by atoms with Crippen LogP contribution >= 0.6 is 15.9 Å². The van der Waals surface area contributed by atoms with E-state index in [1.54, 1.807) is 4.90 Å². The van der Waals surface area contributed by atoms with Gasteiger partial charge < -0.3 is 9.64 Å². The number of hydrogen-bond donors (Lipinski definition) is 0. The lowest BCUT2D eigenvalue weighted by atomic mass is 10.2. The van der Waals surface area contributed by atoms with Crippen LogP contribution in [0.2, 0.25) is 0 Å². The van der Waals surface area contributed by atoms with Crippen molar-refractivity contribution in [3.8, 4) is 0 Å². The normalized spacial score (nSPS) is 18.9. The fourth-order valence-electron chi connectivity index (χ4n) is 2.65. The Morgan fingerprint density at radius 3 is 2.91 bits per heavy atom. The molecule has 22 heavy (non-hydrogen) atoms. The van der Waals surface area contributed by atoms with E-state index in [9.17, 15) is 4.79 Å². The highest BCUT2D eigenvalue weighted by molar-refractivity contribution is 9.10. The summed E-state index contributed by atoms with van der Waals surface area (Å²) in [6, 6.07) is 6.25. The van der Waals surface area contributed by atoms with Crippen molar-refractivity contribution in [3.05, 3.63) is 28.9 Å². The standard InChI is InChI=1S/C16H20BrN3O2/c1-16(2,3)22-15(21)19-7-6-13(10-19)20-9-11-8-12(17)4-5-14(11)18-20/h4-5,8-9,13H,6-7,10H2,1-3H3/t13-/m1/s1. The molecule has 1 aliphatic heterocycles. The summed E-state index contributed by atoms with van der Waals surface area (Å²) in [5.41, 5.74) is 0.515. The summed E-state index contributed by atoms with van der Waals surface area (Å²) in [5, 5.41) is 5.72. The van der Waals surface area contributed by atoms with Crippen LogP contribution < -0.4 is 0 Å². The number of benzene rings is 1. The van der Waals surface area contributed by atoms with Gasteiger partial charge in [0.05, 0.1) is 11.6 Å². The van der Waals surface area contributed by atoms with Gasteiger partial charge in [0.1, 0.15) is 5.60 Å². The lowest BCUT2D eigenvalue weighted by Gasteiger charge is -2.24. The van der Waals surface area contributed by atoms with Gasteiger partial charge in [-0.05, 0) is 45.4 Å². The molecule has 2 heterocycles. The van der Waals surface area contributed by atoms with E-state index in [0.29, 0.717) is 13.1 Å². The first-order valence-electron chi connectivity index (χ1n) is 7.44. The van der Waals surface area contributed by atoms with Gasteiger partial charge in [0, 0.05) is 29.1 Å². The minimum Gasteiger partial charge on any atom is -0.444 e. The first-order valence-corrected chi connectivity index (χ1v) is 8.23. The van der Waals surface area contributed by atoms with Crippen LogP contribution in [-0.4, -0.2) is 39.5 Å². The van der Waals surface area contributed by atoms with Crippen molar-refractivity contribution in [2.24, 2.45) is 0 Å². The molecule has 2 aromatic rings. The summed E-state index contributed by atoms with van der Waals surface area (Å²) < 4.78 is 8.45. The number of halogens is 1. The Morgan fingerprint density at radius 2 is 2.18 bits per heavy atom. The third-order valence-corrected chi connectivity index (χ3v) is 4.17. The van der Waals surface area contributed by atoms with Gasteiger partial charge in [-0.15, -0.1) is 0 Å². The average Bonchev–Trinajstić information content (AvgIpc) is 3.02. The van der Waals surface area contributed by atoms with Crippen molar-refractivity contribution in [2.75, 3.05) is 13.1 Å². The Hall–Kier alpha value is -1.56. The van der Waals surface area contributed by atoms with E-state index in [-0.39, 0.29) is 12.1 Å². The SMILES string of the molecule is CC(C)(C)OC(=O)N1CC[C@@H](n2cc3cc(Br)ccc3n2)C1. The maximum Gasteiger partial charge on any atom is 0.410 e. The van der Waals surface area contributed by atoms with Gasteiger partial charge in [-0.2, -0.15) is 5.10 Å². The van der Waals surface area contributed by atoms with Crippen LogP contribution in [0.1, 0.15) is 33.2 Å². The van der Waals surface area contributed by atoms with E-state index < -0.39 is 5.60 Å². The minimum absolute atomic E-state index is 0.207. The molecule has 1 aromatic heterocycles. The van der Waals surface area contributed by atoms with E-state index in [1.807, 2.05) is 43.8 Å². The first kappa shape index (κ1) is 15.3. The second-order valence-corrected chi connectivity index (χ2v) is 7.60. The van der Waals surface area contributed by atoms with E-state index in [2.05, 4.69) is 27.1 Å². The van der Waals surface area contributed by atoms with Gasteiger partial charge in [-0.25, -0.2) is 4.79 Å². The summed E-state index contributed by atoms with van der Waals surface area (Å²) in [5.74, 6) is 0. The summed E-state index contributed by atoms with van der Waals surface area (Å²) in [6.07, 6.45) is 2.70. The molecular weight excluding hydrogens is 346 g/mol. The van der Waals surface area contributed by atoms with Gasteiger partial charge in [0.15, 0.2) is 0 Å². The van der Waals surface area contributed by atoms with Crippen molar-refractivity contribution in [3.63, 3.8) is 0 Å². The summed E-state index contributed by atoms with van der Waals surface area (Å²) in [4.78, 5) is 13.9. The molecule has 5 nitrogen and oxygen atoms in total. The third kappa shape index (κ3) is 3.27. The molecule has 118 valence electrons. The summed E-state index contributed by atoms with van der Waals surface area (Å²) >= 11 is 3.48. The number of fused-ring (bicyclic) bond motifs is 1. The molecule has 0 N–H and O–H groups in total. The Balaban J connectivity index is 1.72. The highest BCUT2D eigenvalue weighted by Crippen LogP contribution is 2.26. The first-order chi connectivity index (χ1) is 10.3. The van der Waals surface area contributed by atoms with Crippen LogP contribution in [0.4, 0.5) is 4.79 Å². The van der Waals surface area contributed by atoms with Crippen LogP contribution in [0.5, 0.6) is 0 Å². The molecule has 0 bridgehead atoms. The predicted octanol–water partition coefficient (Wildman–Crippen LogP) is 3.98. The van der Waals surface area contributed by atoms with Crippen LogP contribution in [0.15, 0.2) is 28.9 Å². The molecule has 0 unspecified atom stereocenters. The van der Waals surface area contributed by atoms with E-state index in [0.717, 1.165) is 21.8 Å². The van der Waals surface area contributed by atoms with Crippen molar-refractivity contribution in [2.45, 2.75) is 38.8 Å². The number of rotatable bonds is 1. The maximum absolute atomic E-state index is 12.1. The lowest BCUT2D eigenvalue weighted by molar-refractivity contribution is 0.0288. The second kappa shape index (κ2) is 5.57. The Kier molecular flexibility index (Phi) is 3.89. The van der Waals surface area contributed by atoms with E-state index >= 15 is 0 Å². The van der Waals surface area contributed by atoms with Gasteiger partial charge >= 0.3 is 6.09 Å². The van der Waals surface area contributed by atoms with Crippen LogP contribution in [0.3, 0.4) is 0 Å². The van der Waals surface area contributed by atoms with Crippen LogP contribution in [-0.2, 0) is 4.74 Å². The van der Waals surface area contributed by atoms with Gasteiger partial charge in [0.2, 0.25) is 0 Å². The summed E-state index contributed by atoms with van der Waals surface area (Å²) in [6.45, 7) is 7.01. The zero-order valence-corrected chi connectivity index (χ0v) is 14.6. The number of aromatic nitrogens is 2. The molecule has 3 rings (SSSR count). The van der Waals surface area contributed by atoms with Crippen LogP contribution in [0.25, 0.3) is 10.9 Å². The number of likely N-dealkylation sites (tertiary alicyclic amines) is 1. The van der Waals surface area contributed by atoms with Gasteiger partial charge in [-0.3, -0.25) is 4.68 Å². The Labute approximate surface area is 138 Å². The predicted molar refractivity (Wildman–Crippen MR) is 88.9 cm³/mol. The molecule has 0 aliphatic carbocycles. The average molecular weight is 366 g/mol. The number of carbonyl (C=O) groups is 1. The fourth-order valence-corrected chi connectivity index (χ4v) is 3.03. The molecule has 1 aromatic carbocycles. The molecule has 1 fully saturated rings. The van der Waals surface area contributed by atoms with Crippen LogP contribution in [0, 0.1) is 0 Å². The number of carbonyl (C=O) groups excluding carboxylic acids is 1. The topological polar surface area (TPSA) is 47.4 Å². The quantitative estimate of drug-likeness (QED) is 0.767. The Bertz CT molecular complexity index is 705. The van der Waals surface area contributed by atoms with Gasteiger partial charge in [-0.1, -0.05) is 15.9 Å². The smallest absolute Gasteiger partial charge is 0.410 e. The van der Waals surface area contributed by atoms with Crippen molar-refractivity contribution in [1.29, 1.82) is 0 Å². The van der Waals surface area contributed by atoms with Crippen molar-refractivity contribution < 1.29 is 9.53 Å². The lowest BCUT2D eigenvalue weighted by Crippen LogP contribution is -2.35. The van der Waals surface area contributed by atoms with Gasteiger partial charge in [0.25, 0.3) is 0 Å². The number of ether oxygens (including phenoxy) is 1. The molecule has 1 saturated heterocycles. The van der Waals surface area contributed by atoms with Crippen molar-refractivity contribution in [1.82, 2.24) is 14.7 Å². The highest BCUT2D eigenvalue weighted by Gasteiger charge is 2.31. The van der Waals surface area contributed by atoms with E-state index in [1.165, 1.54) is 0 Å². The van der Waals surface area contributed by atoms with Crippen molar-refractivity contribution >= 4 is 32.9 Å². The molecule has 6 heteroatoms. The zero-order chi connectivity index (χ0) is 15.9.